The van der Waals surface area contributed by atoms with Gasteiger partial charge >= 0.3 is 5.97 Å². The molecule has 2 aromatic carbocycles. The van der Waals surface area contributed by atoms with E-state index in [4.69, 9.17) is 0 Å². The van der Waals surface area contributed by atoms with Gasteiger partial charge in [-0.1, -0.05) is 55.5 Å². The highest BCUT2D eigenvalue weighted by molar-refractivity contribution is 8.00. The highest BCUT2D eigenvalue weighted by atomic mass is 32.2. The SMILES string of the molecule is CCC(Sc1ccccc1)C(=O)N1CCC(C(=O)O)(c2ccccc2)CC1. The summed E-state index contributed by atoms with van der Waals surface area (Å²) in [7, 11) is 0. The first-order chi connectivity index (χ1) is 13.1. The van der Waals surface area contributed by atoms with Gasteiger partial charge < -0.3 is 10.0 Å². The number of aliphatic carboxylic acids is 1. The van der Waals surface area contributed by atoms with E-state index in [2.05, 4.69) is 0 Å². The topological polar surface area (TPSA) is 57.6 Å². The Morgan fingerprint density at radius 1 is 1.04 bits per heavy atom. The molecule has 4 nitrogen and oxygen atoms in total. The van der Waals surface area contributed by atoms with Gasteiger partial charge in [0.15, 0.2) is 0 Å². The number of rotatable bonds is 6. The van der Waals surface area contributed by atoms with Gasteiger partial charge in [-0.2, -0.15) is 0 Å². The number of benzene rings is 2. The van der Waals surface area contributed by atoms with E-state index in [1.54, 1.807) is 11.8 Å². The third-order valence-corrected chi connectivity index (χ3v) is 6.70. The Morgan fingerprint density at radius 3 is 2.11 bits per heavy atom. The van der Waals surface area contributed by atoms with E-state index in [9.17, 15) is 14.7 Å². The highest BCUT2D eigenvalue weighted by Crippen LogP contribution is 2.37. The van der Waals surface area contributed by atoms with E-state index in [1.807, 2.05) is 72.5 Å². The van der Waals surface area contributed by atoms with Gasteiger partial charge in [-0.05, 0) is 37.0 Å². The van der Waals surface area contributed by atoms with Crippen LogP contribution < -0.4 is 0 Å². The minimum Gasteiger partial charge on any atom is -0.481 e. The molecule has 2 aromatic rings. The van der Waals surface area contributed by atoms with Crippen LogP contribution in [-0.2, 0) is 15.0 Å². The number of hydrogen-bond donors (Lipinski definition) is 1. The van der Waals surface area contributed by atoms with E-state index in [0.29, 0.717) is 25.9 Å². The van der Waals surface area contributed by atoms with E-state index in [1.165, 1.54) is 0 Å². The van der Waals surface area contributed by atoms with Gasteiger partial charge in [-0.25, -0.2) is 0 Å². The van der Waals surface area contributed by atoms with Crippen molar-refractivity contribution in [1.29, 1.82) is 0 Å². The van der Waals surface area contributed by atoms with Crippen LogP contribution in [-0.4, -0.2) is 40.2 Å². The average Bonchev–Trinajstić information content (AvgIpc) is 2.73. The van der Waals surface area contributed by atoms with Crippen molar-refractivity contribution >= 4 is 23.6 Å². The van der Waals surface area contributed by atoms with Crippen LogP contribution in [0.15, 0.2) is 65.6 Å². The number of carboxylic acids is 1. The minimum atomic E-state index is -0.897. The maximum atomic E-state index is 13.0. The highest BCUT2D eigenvalue weighted by Gasteiger charge is 2.44. The maximum Gasteiger partial charge on any atom is 0.314 e. The van der Waals surface area contributed by atoms with Crippen molar-refractivity contribution in [3.63, 3.8) is 0 Å². The fraction of sp³-hybridized carbons (Fsp3) is 0.364. The summed E-state index contributed by atoms with van der Waals surface area (Å²) in [4.78, 5) is 28.0. The second-order valence-corrected chi connectivity index (χ2v) is 8.18. The predicted molar refractivity (Wildman–Crippen MR) is 108 cm³/mol. The molecule has 0 radical (unpaired) electrons. The number of carboxylic acid groups (broad SMARTS) is 1. The molecule has 142 valence electrons. The molecule has 1 atom stereocenters. The lowest BCUT2D eigenvalue weighted by atomic mass is 9.73. The van der Waals surface area contributed by atoms with E-state index in [-0.39, 0.29) is 11.2 Å². The standard InChI is InChI=1S/C22H25NO3S/c1-2-19(27-18-11-7-4-8-12-18)20(24)23-15-13-22(14-16-23,21(25)26)17-9-5-3-6-10-17/h3-12,19H,2,13-16H2,1H3,(H,25,26). The number of thioether (sulfide) groups is 1. The van der Waals surface area contributed by atoms with Gasteiger partial charge in [0.1, 0.15) is 0 Å². The molecule has 1 unspecified atom stereocenters. The Kier molecular flexibility index (Phi) is 6.22. The molecule has 1 N–H and O–H groups in total. The predicted octanol–water partition coefficient (Wildman–Crippen LogP) is 4.20. The number of carbonyl (C=O) groups excluding carboxylic acids is 1. The van der Waals surface area contributed by atoms with Crippen molar-refractivity contribution < 1.29 is 14.7 Å². The summed E-state index contributed by atoms with van der Waals surface area (Å²) >= 11 is 1.59. The third kappa shape index (κ3) is 4.19. The molecule has 0 bridgehead atoms. The summed E-state index contributed by atoms with van der Waals surface area (Å²) in [5.74, 6) is -0.690. The Morgan fingerprint density at radius 2 is 1.59 bits per heavy atom. The summed E-state index contributed by atoms with van der Waals surface area (Å²) in [5, 5.41) is 9.77. The van der Waals surface area contributed by atoms with Crippen molar-refractivity contribution in [2.24, 2.45) is 0 Å². The smallest absolute Gasteiger partial charge is 0.314 e. The number of amides is 1. The van der Waals surface area contributed by atoms with Gasteiger partial charge in [0.05, 0.1) is 10.7 Å². The zero-order valence-electron chi connectivity index (χ0n) is 15.5. The largest absolute Gasteiger partial charge is 0.481 e. The number of likely N-dealkylation sites (tertiary alicyclic amines) is 1. The summed E-state index contributed by atoms with van der Waals surface area (Å²) in [6, 6.07) is 19.4. The molecule has 5 heteroatoms. The molecule has 0 aliphatic carbocycles. The van der Waals surface area contributed by atoms with Crippen molar-refractivity contribution in [3.05, 3.63) is 66.2 Å². The van der Waals surface area contributed by atoms with Crippen LogP contribution >= 0.6 is 11.8 Å². The molecular weight excluding hydrogens is 358 g/mol. The first-order valence-corrected chi connectivity index (χ1v) is 10.2. The lowest BCUT2D eigenvalue weighted by Crippen LogP contribution is -2.50. The lowest BCUT2D eigenvalue weighted by Gasteiger charge is -2.40. The lowest BCUT2D eigenvalue weighted by molar-refractivity contribution is -0.148. The second-order valence-electron chi connectivity index (χ2n) is 6.91. The van der Waals surface area contributed by atoms with Crippen molar-refractivity contribution in [3.8, 4) is 0 Å². The summed E-state index contributed by atoms with van der Waals surface area (Å²) < 4.78 is 0. The van der Waals surface area contributed by atoms with Crippen LogP contribution in [0.2, 0.25) is 0 Å². The van der Waals surface area contributed by atoms with Gasteiger partial charge in [0.25, 0.3) is 0 Å². The Labute approximate surface area is 164 Å². The molecule has 1 saturated heterocycles. The molecule has 1 aliphatic heterocycles. The summed E-state index contributed by atoms with van der Waals surface area (Å²) in [6.07, 6.45) is 1.65. The number of nitrogens with zero attached hydrogens (tertiary/aromatic N) is 1. The molecule has 27 heavy (non-hydrogen) atoms. The van der Waals surface area contributed by atoms with Crippen molar-refractivity contribution in [1.82, 2.24) is 4.90 Å². The van der Waals surface area contributed by atoms with Gasteiger partial charge in [-0.3, -0.25) is 9.59 Å². The third-order valence-electron chi connectivity index (χ3n) is 5.33. The van der Waals surface area contributed by atoms with Crippen molar-refractivity contribution in [2.45, 2.75) is 41.7 Å². The average molecular weight is 384 g/mol. The fourth-order valence-electron chi connectivity index (χ4n) is 3.67. The van der Waals surface area contributed by atoms with E-state index in [0.717, 1.165) is 16.9 Å². The minimum absolute atomic E-state index is 0.110. The number of piperidine rings is 1. The zero-order chi connectivity index (χ0) is 19.3. The van der Waals surface area contributed by atoms with Crippen LogP contribution in [0.25, 0.3) is 0 Å². The summed E-state index contributed by atoms with van der Waals surface area (Å²) in [6.45, 7) is 2.98. The van der Waals surface area contributed by atoms with Gasteiger partial charge in [0, 0.05) is 18.0 Å². The zero-order valence-corrected chi connectivity index (χ0v) is 16.3. The summed E-state index contributed by atoms with van der Waals surface area (Å²) in [5.41, 5.74) is -0.0675. The Hall–Kier alpha value is -2.27. The molecule has 3 rings (SSSR count). The molecule has 0 aromatic heterocycles. The number of carbonyl (C=O) groups is 2. The quantitative estimate of drug-likeness (QED) is 0.760. The molecule has 1 amide bonds. The maximum absolute atomic E-state index is 13.0. The van der Waals surface area contributed by atoms with Crippen LogP contribution in [0.3, 0.4) is 0 Å². The number of hydrogen-bond acceptors (Lipinski definition) is 3. The normalized spacial score (nSPS) is 17.3. The van der Waals surface area contributed by atoms with Crippen LogP contribution in [0.4, 0.5) is 0 Å². The fourth-order valence-corrected chi connectivity index (χ4v) is 4.73. The van der Waals surface area contributed by atoms with Crippen LogP contribution in [0.5, 0.6) is 0 Å². The Bertz CT molecular complexity index is 771. The first-order valence-electron chi connectivity index (χ1n) is 9.36. The molecule has 1 heterocycles. The molecule has 0 saturated carbocycles. The van der Waals surface area contributed by atoms with Crippen LogP contribution in [0.1, 0.15) is 31.7 Å². The van der Waals surface area contributed by atoms with E-state index < -0.39 is 11.4 Å². The molecule has 1 fully saturated rings. The van der Waals surface area contributed by atoms with Gasteiger partial charge in [0.2, 0.25) is 5.91 Å². The molecule has 0 spiro atoms. The van der Waals surface area contributed by atoms with Crippen molar-refractivity contribution in [2.75, 3.05) is 13.1 Å². The molecule has 1 aliphatic rings. The molecular formula is C22H25NO3S. The second kappa shape index (κ2) is 8.61. The van der Waals surface area contributed by atoms with E-state index >= 15 is 0 Å². The Balaban J connectivity index is 1.70. The monoisotopic (exact) mass is 383 g/mol. The van der Waals surface area contributed by atoms with Crippen LogP contribution in [0, 0.1) is 0 Å². The first kappa shape index (κ1) is 19.5. The van der Waals surface area contributed by atoms with Gasteiger partial charge in [-0.15, -0.1) is 11.8 Å².